The fourth-order valence-electron chi connectivity index (χ4n) is 1.22. The fourth-order valence-corrected chi connectivity index (χ4v) is 1.47. The van der Waals surface area contributed by atoms with Crippen LogP contribution in [0, 0.1) is 0 Å². The predicted molar refractivity (Wildman–Crippen MR) is 63.7 cm³/mol. The van der Waals surface area contributed by atoms with Crippen molar-refractivity contribution in [3.05, 3.63) is 22.8 Å². The minimum absolute atomic E-state index is 0.0957. The highest BCUT2D eigenvalue weighted by Crippen LogP contribution is 2.26. The van der Waals surface area contributed by atoms with Gasteiger partial charge < -0.3 is 20.4 Å². The predicted octanol–water partition coefficient (Wildman–Crippen LogP) is 1.24. The molecule has 7 heteroatoms. The Morgan fingerprint density at radius 2 is 2.41 bits per heavy atom. The number of amidine groups is 1. The van der Waals surface area contributed by atoms with Crippen molar-refractivity contribution < 1.29 is 14.7 Å². The third-order valence-corrected chi connectivity index (χ3v) is 2.32. The molecule has 1 aromatic rings. The number of nitrogens with zero attached hydrogens (tertiary/aromatic N) is 2. The van der Waals surface area contributed by atoms with Gasteiger partial charge in [0.2, 0.25) is 5.88 Å². The molecule has 0 fully saturated rings. The Morgan fingerprint density at radius 1 is 1.71 bits per heavy atom. The Labute approximate surface area is 104 Å². The van der Waals surface area contributed by atoms with E-state index in [1.54, 1.807) is 7.11 Å². The lowest BCUT2D eigenvalue weighted by molar-refractivity contribution is 0.0890. The Balaban J connectivity index is 2.94. The summed E-state index contributed by atoms with van der Waals surface area (Å²) in [6, 6.07) is 1.53. The normalized spacial score (nSPS) is 13.5. The third-order valence-electron chi connectivity index (χ3n) is 1.96. The third kappa shape index (κ3) is 3.47. The molecular weight excluding hydrogens is 246 g/mol. The zero-order valence-electron chi connectivity index (χ0n) is 9.55. The van der Waals surface area contributed by atoms with Crippen LogP contribution in [0.5, 0.6) is 5.88 Å². The smallest absolute Gasteiger partial charge is 0.233 e. The van der Waals surface area contributed by atoms with E-state index in [2.05, 4.69) is 10.1 Å². The molecule has 0 aliphatic heterocycles. The standard InChI is InChI=1S/C10H14ClN3O3/c1-6(5-16-2)17-10-8(11)7(3-4-13-10)9(12)14-15/h3-4,6,15H,5H2,1-2H3,(H2,12,14). The number of pyridine rings is 1. The number of ether oxygens (including phenoxy) is 2. The first-order valence-electron chi connectivity index (χ1n) is 4.88. The second-order valence-electron chi connectivity index (χ2n) is 3.35. The molecule has 0 aliphatic carbocycles. The molecule has 1 aromatic heterocycles. The largest absolute Gasteiger partial charge is 0.471 e. The van der Waals surface area contributed by atoms with Crippen LogP contribution in [0.1, 0.15) is 12.5 Å². The minimum Gasteiger partial charge on any atom is -0.471 e. The molecule has 0 amide bonds. The molecule has 1 unspecified atom stereocenters. The van der Waals surface area contributed by atoms with Crippen molar-refractivity contribution in [1.29, 1.82) is 0 Å². The molecular formula is C10H14ClN3O3. The van der Waals surface area contributed by atoms with Gasteiger partial charge in [0.25, 0.3) is 0 Å². The average Bonchev–Trinajstić information content (AvgIpc) is 2.31. The summed E-state index contributed by atoms with van der Waals surface area (Å²) in [6.45, 7) is 2.23. The van der Waals surface area contributed by atoms with Crippen LogP contribution in [0.4, 0.5) is 0 Å². The van der Waals surface area contributed by atoms with E-state index in [0.29, 0.717) is 12.2 Å². The zero-order valence-corrected chi connectivity index (χ0v) is 10.3. The summed E-state index contributed by atoms with van der Waals surface area (Å²) in [5.41, 5.74) is 5.83. The van der Waals surface area contributed by atoms with Gasteiger partial charge >= 0.3 is 0 Å². The fraction of sp³-hybridized carbons (Fsp3) is 0.400. The highest BCUT2D eigenvalue weighted by Gasteiger charge is 2.14. The van der Waals surface area contributed by atoms with Crippen molar-refractivity contribution in [2.24, 2.45) is 10.9 Å². The van der Waals surface area contributed by atoms with Crippen molar-refractivity contribution in [3.8, 4) is 5.88 Å². The molecule has 0 aromatic carbocycles. The summed E-state index contributed by atoms with van der Waals surface area (Å²) >= 11 is 6.03. The van der Waals surface area contributed by atoms with Crippen LogP contribution in [0.15, 0.2) is 17.4 Å². The van der Waals surface area contributed by atoms with Crippen LogP contribution >= 0.6 is 11.6 Å². The number of nitrogens with two attached hydrogens (primary N) is 1. The summed E-state index contributed by atoms with van der Waals surface area (Å²) < 4.78 is 10.4. The molecule has 17 heavy (non-hydrogen) atoms. The van der Waals surface area contributed by atoms with E-state index in [1.165, 1.54) is 12.3 Å². The molecule has 0 bridgehead atoms. The molecule has 3 N–H and O–H groups in total. The van der Waals surface area contributed by atoms with Crippen molar-refractivity contribution >= 4 is 17.4 Å². The minimum atomic E-state index is -0.201. The van der Waals surface area contributed by atoms with Crippen molar-refractivity contribution in [2.45, 2.75) is 13.0 Å². The number of hydrogen-bond donors (Lipinski definition) is 2. The van der Waals surface area contributed by atoms with E-state index in [9.17, 15) is 0 Å². The van der Waals surface area contributed by atoms with Crippen LogP contribution in [0.2, 0.25) is 5.02 Å². The number of halogens is 1. The van der Waals surface area contributed by atoms with E-state index in [1.807, 2.05) is 6.92 Å². The van der Waals surface area contributed by atoms with Gasteiger partial charge in [-0.05, 0) is 13.0 Å². The number of rotatable bonds is 5. The zero-order chi connectivity index (χ0) is 12.8. The van der Waals surface area contributed by atoms with Crippen LogP contribution in [0.3, 0.4) is 0 Å². The van der Waals surface area contributed by atoms with Crippen molar-refractivity contribution in [3.63, 3.8) is 0 Å². The highest BCUT2D eigenvalue weighted by atomic mass is 35.5. The maximum absolute atomic E-state index is 8.59. The molecule has 6 nitrogen and oxygen atoms in total. The van der Waals surface area contributed by atoms with E-state index in [4.69, 9.17) is 32.0 Å². The van der Waals surface area contributed by atoms with Gasteiger partial charge in [-0.2, -0.15) is 0 Å². The summed E-state index contributed by atoms with van der Waals surface area (Å²) in [5.74, 6) is 0.127. The van der Waals surface area contributed by atoms with E-state index in [0.717, 1.165) is 0 Å². The SMILES string of the molecule is COCC(C)Oc1nccc(/C(N)=N/O)c1Cl. The Bertz CT molecular complexity index is 412. The van der Waals surface area contributed by atoms with Gasteiger partial charge in [-0.25, -0.2) is 4.98 Å². The molecule has 0 aliphatic rings. The average molecular weight is 260 g/mol. The quantitative estimate of drug-likeness (QED) is 0.359. The number of aromatic nitrogens is 1. The summed E-state index contributed by atoms with van der Waals surface area (Å²) in [5, 5.41) is 11.7. The maximum Gasteiger partial charge on any atom is 0.233 e. The van der Waals surface area contributed by atoms with Crippen LogP contribution < -0.4 is 10.5 Å². The Hall–Kier alpha value is -1.53. The van der Waals surface area contributed by atoms with E-state index >= 15 is 0 Å². The second kappa shape index (κ2) is 6.27. The molecule has 0 saturated carbocycles. The second-order valence-corrected chi connectivity index (χ2v) is 3.72. The molecule has 1 rings (SSSR count). The molecule has 1 heterocycles. The Kier molecular flexibility index (Phi) is 4.99. The van der Waals surface area contributed by atoms with Gasteiger partial charge in [-0.3, -0.25) is 0 Å². The van der Waals surface area contributed by atoms with Crippen molar-refractivity contribution in [1.82, 2.24) is 4.98 Å². The molecule has 0 radical (unpaired) electrons. The summed E-state index contributed by atoms with van der Waals surface area (Å²) in [4.78, 5) is 3.98. The van der Waals surface area contributed by atoms with Crippen molar-refractivity contribution in [2.75, 3.05) is 13.7 Å². The number of oxime groups is 1. The monoisotopic (exact) mass is 259 g/mol. The van der Waals surface area contributed by atoms with Crippen LogP contribution in [0.25, 0.3) is 0 Å². The lowest BCUT2D eigenvalue weighted by Gasteiger charge is -2.14. The highest BCUT2D eigenvalue weighted by molar-refractivity contribution is 6.35. The van der Waals surface area contributed by atoms with Gasteiger partial charge in [0.1, 0.15) is 11.1 Å². The van der Waals surface area contributed by atoms with Crippen LogP contribution in [-0.2, 0) is 4.74 Å². The van der Waals surface area contributed by atoms with Gasteiger partial charge in [0.05, 0.1) is 6.61 Å². The summed E-state index contributed by atoms with van der Waals surface area (Å²) in [6.07, 6.45) is 1.27. The van der Waals surface area contributed by atoms with Gasteiger partial charge in [-0.1, -0.05) is 16.8 Å². The number of methoxy groups -OCH3 is 1. The van der Waals surface area contributed by atoms with Gasteiger partial charge in [0.15, 0.2) is 5.84 Å². The van der Waals surface area contributed by atoms with Gasteiger partial charge in [-0.15, -0.1) is 0 Å². The first kappa shape index (κ1) is 13.5. The topological polar surface area (TPSA) is 90.0 Å². The Morgan fingerprint density at radius 3 is 3.00 bits per heavy atom. The first-order valence-corrected chi connectivity index (χ1v) is 5.26. The maximum atomic E-state index is 8.59. The molecule has 0 spiro atoms. The molecule has 1 atom stereocenters. The van der Waals surface area contributed by atoms with Gasteiger partial charge in [0, 0.05) is 18.9 Å². The summed E-state index contributed by atoms with van der Waals surface area (Å²) in [7, 11) is 1.57. The van der Waals surface area contributed by atoms with E-state index in [-0.39, 0.29) is 22.8 Å². The number of hydrogen-bond acceptors (Lipinski definition) is 5. The molecule has 0 saturated heterocycles. The van der Waals surface area contributed by atoms with E-state index < -0.39 is 0 Å². The van der Waals surface area contributed by atoms with Crippen LogP contribution in [-0.4, -0.2) is 35.8 Å². The lowest BCUT2D eigenvalue weighted by Crippen LogP contribution is -2.20. The first-order chi connectivity index (χ1) is 8.10. The lowest BCUT2D eigenvalue weighted by atomic mass is 10.2. The molecule has 94 valence electrons.